The highest BCUT2D eigenvalue weighted by atomic mass is 35.5. The van der Waals surface area contributed by atoms with Gasteiger partial charge in [-0.3, -0.25) is 0 Å². The summed E-state index contributed by atoms with van der Waals surface area (Å²) in [5.74, 6) is 0.264. The van der Waals surface area contributed by atoms with E-state index in [-0.39, 0.29) is 5.92 Å². The molecule has 0 atom stereocenters. The SMILES string of the molecule is Clc1ccc(C(c2ccccc2)c2ccccc2)s1. The van der Waals surface area contributed by atoms with Gasteiger partial charge in [-0.05, 0) is 23.3 Å². The van der Waals surface area contributed by atoms with Gasteiger partial charge in [0.1, 0.15) is 0 Å². The Balaban J connectivity index is 2.11. The van der Waals surface area contributed by atoms with E-state index in [0.717, 1.165) is 4.34 Å². The summed E-state index contributed by atoms with van der Waals surface area (Å²) >= 11 is 7.75. The Hall–Kier alpha value is -1.57. The van der Waals surface area contributed by atoms with Gasteiger partial charge in [-0.25, -0.2) is 0 Å². The van der Waals surface area contributed by atoms with Crippen molar-refractivity contribution in [3.05, 3.63) is 93.1 Å². The van der Waals surface area contributed by atoms with Crippen LogP contribution in [-0.2, 0) is 0 Å². The monoisotopic (exact) mass is 284 g/mol. The van der Waals surface area contributed by atoms with Gasteiger partial charge in [0.2, 0.25) is 0 Å². The van der Waals surface area contributed by atoms with Crippen LogP contribution in [0.4, 0.5) is 0 Å². The summed E-state index contributed by atoms with van der Waals surface area (Å²) in [5.41, 5.74) is 2.60. The Bertz CT molecular complexity index is 604. The third-order valence-electron chi connectivity index (χ3n) is 3.14. The fourth-order valence-electron chi connectivity index (χ4n) is 2.30. The molecular formula is C17H13ClS. The largest absolute Gasteiger partial charge is 0.127 e. The highest BCUT2D eigenvalue weighted by Gasteiger charge is 2.17. The molecule has 94 valence electrons. The van der Waals surface area contributed by atoms with E-state index >= 15 is 0 Å². The maximum absolute atomic E-state index is 6.10. The van der Waals surface area contributed by atoms with E-state index in [2.05, 4.69) is 54.6 Å². The minimum atomic E-state index is 0.264. The highest BCUT2D eigenvalue weighted by Crippen LogP contribution is 2.37. The second-order valence-electron chi connectivity index (χ2n) is 4.40. The summed E-state index contributed by atoms with van der Waals surface area (Å²) in [7, 11) is 0. The molecule has 0 spiro atoms. The molecule has 0 radical (unpaired) electrons. The molecule has 3 rings (SSSR count). The van der Waals surface area contributed by atoms with Crippen molar-refractivity contribution in [2.45, 2.75) is 5.92 Å². The molecule has 2 heteroatoms. The zero-order valence-electron chi connectivity index (χ0n) is 10.3. The van der Waals surface area contributed by atoms with E-state index in [9.17, 15) is 0 Å². The molecule has 0 N–H and O–H groups in total. The van der Waals surface area contributed by atoms with Crippen LogP contribution in [0.5, 0.6) is 0 Å². The van der Waals surface area contributed by atoms with E-state index in [1.54, 1.807) is 11.3 Å². The van der Waals surface area contributed by atoms with Crippen LogP contribution < -0.4 is 0 Å². The Morgan fingerprint density at radius 3 is 1.63 bits per heavy atom. The van der Waals surface area contributed by atoms with E-state index < -0.39 is 0 Å². The average Bonchev–Trinajstić information content (AvgIpc) is 2.88. The van der Waals surface area contributed by atoms with Gasteiger partial charge in [-0.1, -0.05) is 72.3 Å². The number of halogens is 1. The third-order valence-corrected chi connectivity index (χ3v) is 4.44. The van der Waals surface area contributed by atoms with E-state index in [1.807, 2.05) is 18.2 Å². The molecule has 0 saturated heterocycles. The molecule has 19 heavy (non-hydrogen) atoms. The van der Waals surface area contributed by atoms with Crippen LogP contribution in [0.25, 0.3) is 0 Å². The number of hydrogen-bond donors (Lipinski definition) is 0. The molecule has 0 saturated carbocycles. The molecule has 1 heterocycles. The molecule has 0 amide bonds. The van der Waals surface area contributed by atoms with E-state index in [4.69, 9.17) is 11.6 Å². The van der Waals surface area contributed by atoms with Crippen molar-refractivity contribution >= 4 is 22.9 Å². The number of thiophene rings is 1. The summed E-state index contributed by atoms with van der Waals surface area (Å²) in [6.45, 7) is 0. The lowest BCUT2D eigenvalue weighted by atomic mass is 9.90. The zero-order chi connectivity index (χ0) is 13.1. The van der Waals surface area contributed by atoms with Crippen molar-refractivity contribution in [1.29, 1.82) is 0 Å². The van der Waals surface area contributed by atoms with Crippen molar-refractivity contribution in [1.82, 2.24) is 0 Å². The topological polar surface area (TPSA) is 0 Å². The van der Waals surface area contributed by atoms with Gasteiger partial charge < -0.3 is 0 Å². The van der Waals surface area contributed by atoms with Crippen molar-refractivity contribution in [3.8, 4) is 0 Å². The summed E-state index contributed by atoms with van der Waals surface area (Å²) in [6, 6.07) is 25.2. The van der Waals surface area contributed by atoms with Crippen LogP contribution >= 0.6 is 22.9 Å². The predicted molar refractivity (Wildman–Crippen MR) is 83.2 cm³/mol. The van der Waals surface area contributed by atoms with Gasteiger partial charge in [-0.2, -0.15) is 0 Å². The van der Waals surface area contributed by atoms with Crippen molar-refractivity contribution in [3.63, 3.8) is 0 Å². The molecule has 0 nitrogen and oxygen atoms in total. The van der Waals surface area contributed by atoms with Crippen molar-refractivity contribution in [2.75, 3.05) is 0 Å². The van der Waals surface area contributed by atoms with Gasteiger partial charge >= 0.3 is 0 Å². The fraction of sp³-hybridized carbons (Fsp3) is 0.0588. The second-order valence-corrected chi connectivity index (χ2v) is 6.14. The molecule has 0 aliphatic rings. The molecule has 3 aromatic rings. The van der Waals surface area contributed by atoms with Crippen LogP contribution in [0.2, 0.25) is 4.34 Å². The normalized spacial score (nSPS) is 10.8. The molecule has 0 fully saturated rings. The van der Waals surface area contributed by atoms with Crippen molar-refractivity contribution < 1.29 is 0 Å². The van der Waals surface area contributed by atoms with Crippen molar-refractivity contribution in [2.24, 2.45) is 0 Å². The average molecular weight is 285 g/mol. The fourth-order valence-corrected chi connectivity index (χ4v) is 3.51. The Kier molecular flexibility index (Phi) is 3.67. The first-order valence-electron chi connectivity index (χ1n) is 6.20. The molecule has 0 aliphatic carbocycles. The minimum absolute atomic E-state index is 0.264. The van der Waals surface area contributed by atoms with Crippen LogP contribution in [-0.4, -0.2) is 0 Å². The van der Waals surface area contributed by atoms with Crippen LogP contribution in [0.15, 0.2) is 72.8 Å². The van der Waals surface area contributed by atoms with Crippen LogP contribution in [0.1, 0.15) is 21.9 Å². The first-order valence-corrected chi connectivity index (χ1v) is 7.39. The quantitative estimate of drug-likeness (QED) is 0.589. The molecule has 0 bridgehead atoms. The number of hydrogen-bond acceptors (Lipinski definition) is 1. The lowest BCUT2D eigenvalue weighted by Gasteiger charge is -2.16. The Labute approximate surface area is 122 Å². The number of rotatable bonds is 3. The van der Waals surface area contributed by atoms with Gasteiger partial charge in [0.05, 0.1) is 4.34 Å². The third kappa shape index (κ3) is 2.73. The lowest BCUT2D eigenvalue weighted by Crippen LogP contribution is -2.00. The van der Waals surface area contributed by atoms with Gasteiger partial charge in [0, 0.05) is 10.8 Å². The lowest BCUT2D eigenvalue weighted by molar-refractivity contribution is 1.01. The summed E-state index contributed by atoms with van der Waals surface area (Å²) < 4.78 is 0.840. The maximum Gasteiger partial charge on any atom is 0.0931 e. The molecule has 1 aromatic heterocycles. The summed E-state index contributed by atoms with van der Waals surface area (Å²) in [6.07, 6.45) is 0. The van der Waals surface area contributed by atoms with E-state index in [0.29, 0.717) is 0 Å². The zero-order valence-corrected chi connectivity index (χ0v) is 11.9. The first-order chi connectivity index (χ1) is 9.34. The van der Waals surface area contributed by atoms with E-state index in [1.165, 1.54) is 16.0 Å². The second kappa shape index (κ2) is 5.60. The van der Waals surface area contributed by atoms with Gasteiger partial charge in [-0.15, -0.1) is 11.3 Å². The predicted octanol–water partition coefficient (Wildman–Crippen LogP) is 5.58. The standard InChI is InChI=1S/C17H13ClS/c18-16-12-11-15(19-16)17(13-7-3-1-4-8-13)14-9-5-2-6-10-14/h1-12,17H. The van der Waals surface area contributed by atoms with Gasteiger partial charge in [0.25, 0.3) is 0 Å². The molecule has 2 aromatic carbocycles. The molecular weight excluding hydrogens is 272 g/mol. The first kappa shape index (κ1) is 12.5. The smallest absolute Gasteiger partial charge is 0.0931 e. The molecule has 0 aliphatic heterocycles. The highest BCUT2D eigenvalue weighted by molar-refractivity contribution is 7.16. The molecule has 0 unspecified atom stereocenters. The Morgan fingerprint density at radius 1 is 0.684 bits per heavy atom. The van der Waals surface area contributed by atoms with Crippen LogP contribution in [0, 0.1) is 0 Å². The summed E-state index contributed by atoms with van der Waals surface area (Å²) in [5, 5.41) is 0. The van der Waals surface area contributed by atoms with Gasteiger partial charge in [0.15, 0.2) is 0 Å². The maximum atomic E-state index is 6.10. The summed E-state index contributed by atoms with van der Waals surface area (Å²) in [4.78, 5) is 1.28. The minimum Gasteiger partial charge on any atom is -0.127 e. The Morgan fingerprint density at radius 2 is 1.21 bits per heavy atom. The number of benzene rings is 2. The van der Waals surface area contributed by atoms with Crippen LogP contribution in [0.3, 0.4) is 0 Å².